The van der Waals surface area contributed by atoms with E-state index in [2.05, 4.69) is 10.2 Å². The Hall–Kier alpha value is -2.15. The van der Waals surface area contributed by atoms with Gasteiger partial charge in [0, 0.05) is 32.7 Å². The molecule has 0 atom stereocenters. The zero-order chi connectivity index (χ0) is 17.2. The maximum atomic E-state index is 13.0. The van der Waals surface area contributed by atoms with Gasteiger partial charge in [-0.25, -0.2) is 9.18 Å². The number of hydrogen-bond acceptors (Lipinski definition) is 3. The van der Waals surface area contributed by atoms with Crippen LogP contribution >= 0.6 is 0 Å². The average Bonchev–Trinajstić information content (AvgIpc) is 3.33. The van der Waals surface area contributed by atoms with Crippen molar-refractivity contribution in [1.29, 1.82) is 0 Å². The first-order valence-corrected chi connectivity index (χ1v) is 8.32. The van der Waals surface area contributed by atoms with Gasteiger partial charge in [-0.05, 0) is 37.0 Å². The maximum Gasteiger partial charge on any atom is 0.313 e. The molecule has 2 fully saturated rings. The smallest absolute Gasteiger partial charge is 0.313 e. The molecule has 1 aromatic rings. The van der Waals surface area contributed by atoms with Crippen LogP contribution in [0.2, 0.25) is 0 Å². The molecule has 0 bridgehead atoms. The Balaban J connectivity index is 1.56. The molecule has 1 aromatic carbocycles. The predicted molar refractivity (Wildman–Crippen MR) is 87.6 cm³/mol. The highest BCUT2D eigenvalue weighted by atomic mass is 19.1. The third-order valence-corrected chi connectivity index (χ3v) is 4.72. The summed E-state index contributed by atoms with van der Waals surface area (Å²) in [6, 6.07) is 5.87. The molecule has 1 heterocycles. The van der Waals surface area contributed by atoms with Gasteiger partial charge in [-0.1, -0.05) is 12.1 Å². The van der Waals surface area contributed by atoms with Crippen LogP contribution in [-0.2, 0) is 11.3 Å². The van der Waals surface area contributed by atoms with Crippen molar-refractivity contribution in [3.8, 4) is 0 Å². The van der Waals surface area contributed by atoms with Crippen molar-refractivity contribution in [2.45, 2.75) is 31.3 Å². The number of rotatable bonds is 4. The topological polar surface area (TPSA) is 78.7 Å². The molecule has 1 aliphatic carbocycles. The van der Waals surface area contributed by atoms with E-state index in [1.54, 1.807) is 12.1 Å². The number of benzene rings is 1. The van der Waals surface area contributed by atoms with Gasteiger partial charge in [-0.2, -0.15) is 0 Å². The molecular weight excluding hydrogens is 311 g/mol. The van der Waals surface area contributed by atoms with Crippen LogP contribution in [0.5, 0.6) is 0 Å². The number of nitrogens with one attached hydrogen (secondary N) is 1. The van der Waals surface area contributed by atoms with Gasteiger partial charge in [0.05, 0.1) is 0 Å². The molecule has 0 aromatic heterocycles. The second kappa shape index (κ2) is 6.76. The summed E-state index contributed by atoms with van der Waals surface area (Å²) in [6.45, 7) is 3.70. The Morgan fingerprint density at radius 2 is 1.83 bits per heavy atom. The lowest BCUT2D eigenvalue weighted by Gasteiger charge is -2.26. The Labute approximate surface area is 140 Å². The first kappa shape index (κ1) is 16.7. The van der Waals surface area contributed by atoms with Crippen LogP contribution in [0, 0.1) is 5.82 Å². The van der Waals surface area contributed by atoms with Gasteiger partial charge < -0.3 is 16.0 Å². The summed E-state index contributed by atoms with van der Waals surface area (Å²) in [7, 11) is 0. The standard InChI is InChI=1S/C17H23FN4O2/c18-14-4-2-13(3-5-14)12-21-8-1-9-22(11-10-21)15(23)17(6-7-17)20-16(19)24/h2-5H,1,6-12H2,(H3,19,20,24). The molecule has 1 saturated carbocycles. The number of urea groups is 1. The Bertz CT molecular complexity index is 616. The van der Waals surface area contributed by atoms with E-state index in [9.17, 15) is 14.0 Å². The molecule has 3 N–H and O–H groups in total. The van der Waals surface area contributed by atoms with E-state index in [-0.39, 0.29) is 11.7 Å². The highest BCUT2D eigenvalue weighted by Gasteiger charge is 2.52. The number of carbonyl (C=O) groups excluding carboxylic acids is 2. The SMILES string of the molecule is NC(=O)NC1(C(=O)N2CCCN(Cc3ccc(F)cc3)CC2)CC1. The van der Waals surface area contributed by atoms with E-state index in [0.717, 1.165) is 31.6 Å². The van der Waals surface area contributed by atoms with Crippen molar-refractivity contribution in [2.75, 3.05) is 26.2 Å². The summed E-state index contributed by atoms with van der Waals surface area (Å²) >= 11 is 0. The largest absolute Gasteiger partial charge is 0.352 e. The number of hydrogen-bond donors (Lipinski definition) is 2. The molecule has 2 aliphatic rings. The molecule has 0 spiro atoms. The minimum Gasteiger partial charge on any atom is -0.352 e. The molecule has 1 aliphatic heterocycles. The number of halogens is 1. The second-order valence-electron chi connectivity index (χ2n) is 6.62. The van der Waals surface area contributed by atoms with Crippen LogP contribution in [0.15, 0.2) is 24.3 Å². The van der Waals surface area contributed by atoms with Crippen LogP contribution in [0.4, 0.5) is 9.18 Å². The van der Waals surface area contributed by atoms with E-state index in [0.29, 0.717) is 25.9 Å². The van der Waals surface area contributed by atoms with Gasteiger partial charge in [0.1, 0.15) is 11.4 Å². The number of nitrogens with zero attached hydrogens (tertiary/aromatic N) is 2. The van der Waals surface area contributed by atoms with Gasteiger partial charge in [-0.3, -0.25) is 9.69 Å². The Morgan fingerprint density at radius 1 is 1.12 bits per heavy atom. The Kier molecular flexibility index (Phi) is 4.71. The summed E-state index contributed by atoms with van der Waals surface area (Å²) in [5.41, 5.74) is 5.47. The van der Waals surface area contributed by atoms with Gasteiger partial charge >= 0.3 is 6.03 Å². The summed E-state index contributed by atoms with van der Waals surface area (Å²) in [5.74, 6) is -0.256. The molecule has 3 amide bonds. The van der Waals surface area contributed by atoms with Crippen LogP contribution in [-0.4, -0.2) is 53.5 Å². The van der Waals surface area contributed by atoms with Crippen molar-refractivity contribution >= 4 is 11.9 Å². The third-order valence-electron chi connectivity index (χ3n) is 4.72. The van der Waals surface area contributed by atoms with Crippen molar-refractivity contribution in [2.24, 2.45) is 5.73 Å². The van der Waals surface area contributed by atoms with E-state index >= 15 is 0 Å². The monoisotopic (exact) mass is 334 g/mol. The summed E-state index contributed by atoms with van der Waals surface area (Å²) < 4.78 is 13.0. The molecule has 7 heteroatoms. The van der Waals surface area contributed by atoms with Crippen LogP contribution in [0.25, 0.3) is 0 Å². The van der Waals surface area contributed by atoms with Gasteiger partial charge in [0.2, 0.25) is 5.91 Å². The van der Waals surface area contributed by atoms with Gasteiger partial charge in [0.25, 0.3) is 0 Å². The Morgan fingerprint density at radius 3 is 2.46 bits per heavy atom. The number of primary amides is 1. The average molecular weight is 334 g/mol. The van der Waals surface area contributed by atoms with E-state index in [1.165, 1.54) is 12.1 Å². The van der Waals surface area contributed by atoms with Crippen molar-refractivity contribution in [3.05, 3.63) is 35.6 Å². The zero-order valence-electron chi connectivity index (χ0n) is 13.6. The summed E-state index contributed by atoms with van der Waals surface area (Å²) in [6.07, 6.45) is 2.19. The maximum absolute atomic E-state index is 13.0. The molecule has 1 saturated heterocycles. The quantitative estimate of drug-likeness (QED) is 0.864. The van der Waals surface area contributed by atoms with Gasteiger partial charge in [0.15, 0.2) is 0 Å². The first-order chi connectivity index (χ1) is 11.5. The van der Waals surface area contributed by atoms with Crippen molar-refractivity contribution < 1.29 is 14.0 Å². The van der Waals surface area contributed by atoms with Crippen molar-refractivity contribution in [1.82, 2.24) is 15.1 Å². The zero-order valence-corrected chi connectivity index (χ0v) is 13.6. The molecule has 0 unspecified atom stereocenters. The minimum absolute atomic E-state index is 0.0232. The third kappa shape index (κ3) is 3.84. The highest BCUT2D eigenvalue weighted by molar-refractivity contribution is 5.93. The lowest BCUT2D eigenvalue weighted by Crippen LogP contribution is -2.52. The highest BCUT2D eigenvalue weighted by Crippen LogP contribution is 2.37. The van der Waals surface area contributed by atoms with Crippen molar-refractivity contribution in [3.63, 3.8) is 0 Å². The summed E-state index contributed by atoms with van der Waals surface area (Å²) in [4.78, 5) is 27.9. The molecule has 24 heavy (non-hydrogen) atoms. The summed E-state index contributed by atoms with van der Waals surface area (Å²) in [5, 5.41) is 2.60. The van der Waals surface area contributed by atoms with Crippen LogP contribution in [0.1, 0.15) is 24.8 Å². The number of amides is 3. The normalized spacial score (nSPS) is 20.3. The molecule has 130 valence electrons. The van der Waals surface area contributed by atoms with E-state index in [4.69, 9.17) is 5.73 Å². The van der Waals surface area contributed by atoms with Gasteiger partial charge in [-0.15, -0.1) is 0 Å². The molecule has 0 radical (unpaired) electrons. The lowest BCUT2D eigenvalue weighted by atomic mass is 10.2. The fourth-order valence-electron chi connectivity index (χ4n) is 3.24. The molecule has 3 rings (SSSR count). The second-order valence-corrected chi connectivity index (χ2v) is 6.62. The number of carbonyl (C=O) groups is 2. The molecular formula is C17H23FN4O2. The minimum atomic E-state index is -0.766. The van der Waals surface area contributed by atoms with E-state index in [1.807, 2.05) is 4.90 Å². The fourth-order valence-corrected chi connectivity index (χ4v) is 3.24. The number of nitrogens with two attached hydrogens (primary N) is 1. The van der Waals surface area contributed by atoms with Crippen LogP contribution in [0.3, 0.4) is 0 Å². The lowest BCUT2D eigenvalue weighted by molar-refractivity contribution is -0.134. The first-order valence-electron chi connectivity index (χ1n) is 8.32. The van der Waals surface area contributed by atoms with E-state index < -0.39 is 11.6 Å². The fraction of sp³-hybridized carbons (Fsp3) is 0.529. The predicted octanol–water partition coefficient (Wildman–Crippen LogP) is 1.06. The van der Waals surface area contributed by atoms with Crippen LogP contribution < -0.4 is 11.1 Å². The molecule has 6 nitrogen and oxygen atoms in total.